The third-order valence-electron chi connectivity index (χ3n) is 6.79. The summed E-state index contributed by atoms with van der Waals surface area (Å²) < 4.78 is 24.2. The minimum atomic E-state index is -0.491. The molecule has 3 heterocycles. The molecule has 0 saturated heterocycles. The highest BCUT2D eigenvalue weighted by Gasteiger charge is 2.30. The number of fused-ring (bicyclic) bond motifs is 2. The molecule has 36 heavy (non-hydrogen) atoms. The Bertz CT molecular complexity index is 1500. The Morgan fingerprint density at radius 3 is 2.67 bits per heavy atom. The van der Waals surface area contributed by atoms with Gasteiger partial charge in [-0.15, -0.1) is 0 Å². The van der Waals surface area contributed by atoms with Gasteiger partial charge in [-0.3, -0.25) is 18.9 Å². The zero-order chi connectivity index (χ0) is 25.6. The van der Waals surface area contributed by atoms with E-state index < -0.39 is 5.82 Å². The summed E-state index contributed by atoms with van der Waals surface area (Å²) in [7, 11) is 3.19. The highest BCUT2D eigenvalue weighted by atomic mass is 19.1. The molecule has 0 radical (unpaired) electrons. The Labute approximate surface area is 208 Å². The van der Waals surface area contributed by atoms with Crippen LogP contribution in [0.1, 0.15) is 25.0 Å². The third-order valence-corrected chi connectivity index (χ3v) is 6.79. The van der Waals surface area contributed by atoms with Crippen molar-refractivity contribution in [2.45, 2.75) is 33.0 Å². The maximum atomic E-state index is 15.8. The molecule has 1 aliphatic heterocycles. The molecule has 0 fully saturated rings. The van der Waals surface area contributed by atoms with Gasteiger partial charge in [0, 0.05) is 44.6 Å². The first-order valence-corrected chi connectivity index (χ1v) is 11.8. The van der Waals surface area contributed by atoms with Gasteiger partial charge in [0.05, 0.1) is 42.2 Å². The molecule has 4 aromatic rings. The zero-order valence-electron chi connectivity index (χ0n) is 20.8. The molecule has 2 aromatic heterocycles. The van der Waals surface area contributed by atoms with E-state index in [-0.39, 0.29) is 24.0 Å². The van der Waals surface area contributed by atoms with Crippen molar-refractivity contribution >= 4 is 22.3 Å². The second-order valence-electron chi connectivity index (χ2n) is 9.25. The summed E-state index contributed by atoms with van der Waals surface area (Å²) in [4.78, 5) is 22.0. The van der Waals surface area contributed by atoms with Gasteiger partial charge in [0.15, 0.2) is 11.6 Å². The second kappa shape index (κ2) is 9.36. The van der Waals surface area contributed by atoms with Crippen molar-refractivity contribution in [3.05, 3.63) is 70.3 Å². The Kier molecular flexibility index (Phi) is 6.23. The van der Waals surface area contributed by atoms with Gasteiger partial charge in [0.1, 0.15) is 6.33 Å². The summed E-state index contributed by atoms with van der Waals surface area (Å²) in [5, 5.41) is 14.7. The summed E-state index contributed by atoms with van der Waals surface area (Å²) >= 11 is 0. The Morgan fingerprint density at radius 2 is 2.00 bits per heavy atom. The number of hydrogen-bond acceptors (Lipinski definition) is 7. The molecule has 1 N–H and O–H groups in total. The fourth-order valence-corrected chi connectivity index (χ4v) is 4.77. The third kappa shape index (κ3) is 4.02. The van der Waals surface area contributed by atoms with Crippen molar-refractivity contribution < 1.29 is 14.2 Å². The Hall–Kier alpha value is -3.76. The predicted molar refractivity (Wildman–Crippen MR) is 136 cm³/mol. The van der Waals surface area contributed by atoms with E-state index in [0.717, 1.165) is 0 Å². The number of benzene rings is 2. The predicted octanol–water partition coefficient (Wildman–Crippen LogP) is 3.12. The summed E-state index contributed by atoms with van der Waals surface area (Å²) in [6.07, 6.45) is 4.83. The van der Waals surface area contributed by atoms with Crippen LogP contribution in [0.15, 0.2) is 47.8 Å². The van der Waals surface area contributed by atoms with Gasteiger partial charge in [0.25, 0.3) is 5.56 Å². The monoisotopic (exact) mass is 492 g/mol. The summed E-state index contributed by atoms with van der Waals surface area (Å²) in [6.45, 7) is 5.60. The maximum Gasteiger partial charge on any atom is 0.265 e. The van der Waals surface area contributed by atoms with Gasteiger partial charge in [-0.05, 0) is 49.2 Å². The number of halogens is 1. The zero-order valence-corrected chi connectivity index (χ0v) is 20.8. The van der Waals surface area contributed by atoms with E-state index in [1.54, 1.807) is 42.3 Å². The van der Waals surface area contributed by atoms with Crippen LogP contribution >= 0.6 is 0 Å². The van der Waals surface area contributed by atoms with Crippen LogP contribution in [-0.4, -0.2) is 55.6 Å². The van der Waals surface area contributed by atoms with E-state index in [4.69, 9.17) is 4.74 Å². The number of hydrogen-bond donors (Lipinski definition) is 1. The van der Waals surface area contributed by atoms with Crippen LogP contribution in [0.3, 0.4) is 0 Å². The quantitative estimate of drug-likeness (QED) is 0.458. The van der Waals surface area contributed by atoms with Crippen molar-refractivity contribution in [3.8, 4) is 11.4 Å². The number of methoxy groups -OCH3 is 1. The van der Waals surface area contributed by atoms with Crippen LogP contribution < -0.4 is 15.2 Å². The van der Waals surface area contributed by atoms with Gasteiger partial charge in [0.2, 0.25) is 0 Å². The fraction of sp³-hybridized carbons (Fsp3) is 0.346. The summed E-state index contributed by atoms with van der Waals surface area (Å²) in [6, 6.07) is 7.16. The lowest BCUT2D eigenvalue weighted by Gasteiger charge is -2.27. The lowest BCUT2D eigenvalue weighted by atomic mass is 10.0. The van der Waals surface area contributed by atoms with Crippen molar-refractivity contribution in [2.75, 3.05) is 25.1 Å². The van der Waals surface area contributed by atoms with Crippen LogP contribution in [0.25, 0.3) is 16.6 Å². The van der Waals surface area contributed by atoms with E-state index in [1.807, 2.05) is 11.0 Å². The highest BCUT2D eigenvalue weighted by molar-refractivity contribution is 5.84. The van der Waals surface area contributed by atoms with Gasteiger partial charge >= 0.3 is 0 Å². The van der Waals surface area contributed by atoms with Crippen LogP contribution in [0.2, 0.25) is 0 Å². The van der Waals surface area contributed by atoms with Crippen molar-refractivity contribution in [2.24, 2.45) is 7.05 Å². The number of anilines is 2. The average molecular weight is 493 g/mol. The largest absolute Gasteiger partial charge is 0.494 e. The standard InChI is InChI=1S/C26H29FN6O3/c1-16(2)31-7-8-32(25-21(13-31)17(14-34)9-23(36-4)24(25)27)18-5-6-22-20(10-18)26(35)33(15-28-22)19-11-29-30(3)12-19/h5-6,9-12,15-16,34H,7-8,13-14H2,1-4H3. The normalized spacial score (nSPS) is 14.4. The SMILES string of the molecule is COc1cc(CO)c2c(c1F)N(c1ccc3ncn(-c4cnn(C)c4)c(=O)c3c1)CCN(C(C)C)C2. The van der Waals surface area contributed by atoms with Gasteiger partial charge < -0.3 is 14.7 Å². The van der Waals surface area contributed by atoms with Crippen molar-refractivity contribution in [1.29, 1.82) is 0 Å². The number of ether oxygens (including phenoxy) is 1. The second-order valence-corrected chi connectivity index (χ2v) is 9.25. The lowest BCUT2D eigenvalue weighted by Crippen LogP contribution is -2.34. The van der Waals surface area contributed by atoms with E-state index in [0.29, 0.717) is 58.7 Å². The summed E-state index contributed by atoms with van der Waals surface area (Å²) in [5.74, 6) is -0.420. The van der Waals surface area contributed by atoms with E-state index in [1.165, 1.54) is 18.0 Å². The number of aryl methyl sites for hydroxylation is 1. The molecule has 10 heteroatoms. The molecule has 0 amide bonds. The molecule has 9 nitrogen and oxygen atoms in total. The van der Waals surface area contributed by atoms with Crippen LogP contribution in [0.4, 0.5) is 15.8 Å². The molecule has 0 saturated carbocycles. The Morgan fingerprint density at radius 1 is 1.19 bits per heavy atom. The fourth-order valence-electron chi connectivity index (χ4n) is 4.77. The van der Waals surface area contributed by atoms with Gasteiger partial charge in [-0.25, -0.2) is 9.37 Å². The first-order valence-electron chi connectivity index (χ1n) is 11.8. The number of aliphatic hydroxyl groups excluding tert-OH is 1. The molecular weight excluding hydrogens is 463 g/mol. The van der Waals surface area contributed by atoms with Crippen LogP contribution in [-0.2, 0) is 20.2 Å². The van der Waals surface area contributed by atoms with E-state index in [2.05, 4.69) is 28.8 Å². The van der Waals surface area contributed by atoms with E-state index in [9.17, 15) is 9.90 Å². The molecule has 0 spiro atoms. The van der Waals surface area contributed by atoms with Crippen LogP contribution in [0, 0.1) is 5.82 Å². The number of aromatic nitrogens is 4. The van der Waals surface area contributed by atoms with E-state index >= 15 is 4.39 Å². The number of nitrogens with zero attached hydrogens (tertiary/aromatic N) is 6. The van der Waals surface area contributed by atoms with Crippen LogP contribution in [0.5, 0.6) is 5.75 Å². The van der Waals surface area contributed by atoms with Gasteiger partial charge in [-0.1, -0.05) is 0 Å². The first kappa shape index (κ1) is 24.0. The average Bonchev–Trinajstić information content (AvgIpc) is 3.19. The number of rotatable bonds is 5. The molecule has 1 aliphatic rings. The molecule has 0 bridgehead atoms. The minimum Gasteiger partial charge on any atom is -0.494 e. The first-order chi connectivity index (χ1) is 17.3. The maximum absolute atomic E-state index is 15.8. The number of aliphatic hydroxyl groups is 1. The topological polar surface area (TPSA) is 88.6 Å². The van der Waals surface area contributed by atoms with Crippen molar-refractivity contribution in [1.82, 2.24) is 24.2 Å². The van der Waals surface area contributed by atoms with Crippen molar-refractivity contribution in [3.63, 3.8) is 0 Å². The molecule has 5 rings (SSSR count). The molecule has 0 aliphatic carbocycles. The highest BCUT2D eigenvalue weighted by Crippen LogP contribution is 2.40. The lowest BCUT2D eigenvalue weighted by molar-refractivity contribution is 0.220. The minimum absolute atomic E-state index is 0.0715. The smallest absolute Gasteiger partial charge is 0.265 e. The summed E-state index contributed by atoms with van der Waals surface area (Å²) in [5.41, 5.74) is 3.26. The molecule has 2 aromatic carbocycles. The van der Waals surface area contributed by atoms with Gasteiger partial charge in [-0.2, -0.15) is 5.10 Å². The molecule has 0 atom stereocenters. The Balaban J connectivity index is 1.71. The molecular formula is C26H29FN6O3. The molecule has 188 valence electrons. The molecule has 0 unspecified atom stereocenters.